The third-order valence-electron chi connectivity index (χ3n) is 7.08. The molecule has 3 aromatic rings. The van der Waals surface area contributed by atoms with Gasteiger partial charge in [0.05, 0.1) is 28.7 Å². The van der Waals surface area contributed by atoms with Crippen LogP contribution in [0.2, 0.25) is 0 Å². The number of hydrogen-bond donors (Lipinski definition) is 1. The molecule has 1 aliphatic rings. The van der Waals surface area contributed by atoms with Crippen LogP contribution in [0.25, 0.3) is 23.1 Å². The maximum Gasteiger partial charge on any atom is 0.253 e. The smallest absolute Gasteiger partial charge is 0.253 e. The molecule has 172 valence electrons. The number of hydrogen-bond acceptors (Lipinski definition) is 2. The summed E-state index contributed by atoms with van der Waals surface area (Å²) in [5.41, 5.74) is 2.65. The molecular formula is C29H35N3O. The summed E-state index contributed by atoms with van der Waals surface area (Å²) < 4.78 is 2.13. The van der Waals surface area contributed by atoms with E-state index in [1.54, 1.807) is 6.08 Å². The van der Waals surface area contributed by atoms with Crippen molar-refractivity contribution in [1.29, 1.82) is 0 Å². The van der Waals surface area contributed by atoms with Gasteiger partial charge in [0.2, 0.25) is 0 Å². The molecule has 1 fully saturated rings. The van der Waals surface area contributed by atoms with Crippen LogP contribution in [-0.4, -0.2) is 21.5 Å². The Hall–Kier alpha value is -3.14. The molecule has 1 aliphatic carbocycles. The summed E-state index contributed by atoms with van der Waals surface area (Å²) in [5, 5.41) is 6.37. The van der Waals surface area contributed by atoms with Gasteiger partial charge in [0, 0.05) is 17.6 Å². The molecule has 2 heterocycles. The molecule has 1 aromatic carbocycles. The number of pyridine rings is 1. The number of allylic oxidation sites excluding steroid dienone is 1. The zero-order valence-corrected chi connectivity index (χ0v) is 20.1. The highest BCUT2D eigenvalue weighted by Crippen LogP contribution is 2.30. The molecule has 33 heavy (non-hydrogen) atoms. The number of nitrogens with zero attached hydrogens (tertiary/aromatic N) is 2. The average molecular weight is 442 g/mol. The monoisotopic (exact) mass is 441 g/mol. The van der Waals surface area contributed by atoms with Gasteiger partial charge in [0.15, 0.2) is 0 Å². The van der Waals surface area contributed by atoms with Crippen LogP contribution in [0.5, 0.6) is 0 Å². The Bertz CT molecular complexity index is 1260. The largest absolute Gasteiger partial charge is 0.349 e. The number of amides is 1. The third-order valence-corrected chi connectivity index (χ3v) is 7.08. The van der Waals surface area contributed by atoms with Gasteiger partial charge in [-0.25, -0.2) is 0 Å². The Kier molecular flexibility index (Phi) is 7.12. The van der Waals surface area contributed by atoms with Gasteiger partial charge < -0.3 is 9.88 Å². The molecule has 1 saturated carbocycles. The predicted molar refractivity (Wildman–Crippen MR) is 137 cm³/mol. The van der Waals surface area contributed by atoms with Gasteiger partial charge in [-0.3, -0.25) is 9.78 Å². The van der Waals surface area contributed by atoms with E-state index in [2.05, 4.69) is 48.5 Å². The molecule has 4 rings (SSSR count). The van der Waals surface area contributed by atoms with Crippen molar-refractivity contribution in [3.8, 4) is 0 Å². The first-order valence-corrected chi connectivity index (χ1v) is 12.1. The van der Waals surface area contributed by atoms with Crippen molar-refractivity contribution in [1.82, 2.24) is 14.9 Å². The Labute approximate surface area is 196 Å². The molecule has 0 aliphatic heterocycles. The molecule has 4 heteroatoms. The molecule has 0 saturated heterocycles. The fraction of sp³-hybridized carbons (Fsp3) is 0.379. The summed E-state index contributed by atoms with van der Waals surface area (Å²) in [7, 11) is 0. The summed E-state index contributed by atoms with van der Waals surface area (Å²) in [5.74, 6) is 1.39. The van der Waals surface area contributed by atoms with Crippen LogP contribution in [-0.2, 0) is 6.54 Å². The van der Waals surface area contributed by atoms with Crippen LogP contribution >= 0.6 is 0 Å². The quantitative estimate of drug-likeness (QED) is 0.598. The number of rotatable bonds is 6. The topological polar surface area (TPSA) is 46.9 Å². The lowest BCUT2D eigenvalue weighted by atomic mass is 9.79. The van der Waals surface area contributed by atoms with Crippen molar-refractivity contribution in [3.05, 3.63) is 77.1 Å². The zero-order chi connectivity index (χ0) is 23.4. The Morgan fingerprint density at radius 2 is 2.00 bits per heavy atom. The minimum Gasteiger partial charge on any atom is -0.349 e. The second-order valence-corrected chi connectivity index (χ2v) is 9.44. The van der Waals surface area contributed by atoms with Crippen molar-refractivity contribution in [3.63, 3.8) is 0 Å². The van der Waals surface area contributed by atoms with Gasteiger partial charge in [-0.05, 0) is 61.9 Å². The van der Waals surface area contributed by atoms with Gasteiger partial charge in [-0.2, -0.15) is 0 Å². The summed E-state index contributed by atoms with van der Waals surface area (Å²) in [6, 6.07) is 12.3. The molecule has 0 spiro atoms. The number of aromatic nitrogens is 2. The number of nitrogens with one attached hydrogen (secondary N) is 1. The Morgan fingerprint density at radius 1 is 1.21 bits per heavy atom. The highest BCUT2D eigenvalue weighted by atomic mass is 16.1. The first-order valence-electron chi connectivity index (χ1n) is 12.1. The summed E-state index contributed by atoms with van der Waals surface area (Å²) >= 11 is 0. The normalized spacial score (nSPS) is 20.7. The van der Waals surface area contributed by atoms with Crippen LogP contribution in [0, 0.1) is 11.8 Å². The lowest BCUT2D eigenvalue weighted by Crippen LogP contribution is -2.39. The maximum absolute atomic E-state index is 13.3. The minimum atomic E-state index is 0.0122. The predicted octanol–water partition coefficient (Wildman–Crippen LogP) is 4.80. The maximum atomic E-state index is 13.3. The van der Waals surface area contributed by atoms with Gasteiger partial charge in [0.25, 0.3) is 5.91 Å². The summed E-state index contributed by atoms with van der Waals surface area (Å²) in [6.45, 7) is 10.9. The number of benzene rings is 1. The van der Waals surface area contributed by atoms with Crippen molar-refractivity contribution in [2.75, 3.05) is 0 Å². The lowest BCUT2D eigenvalue weighted by Gasteiger charge is -2.31. The summed E-state index contributed by atoms with van der Waals surface area (Å²) in [6.07, 6.45) is 12.7. The van der Waals surface area contributed by atoms with E-state index in [4.69, 9.17) is 4.98 Å². The van der Waals surface area contributed by atoms with E-state index in [1.807, 2.05) is 43.5 Å². The average Bonchev–Trinajstić information content (AvgIpc) is 3.23. The van der Waals surface area contributed by atoms with Crippen LogP contribution in [0.15, 0.2) is 55.3 Å². The van der Waals surface area contributed by atoms with E-state index in [-0.39, 0.29) is 11.9 Å². The van der Waals surface area contributed by atoms with E-state index in [1.165, 1.54) is 25.7 Å². The first-order chi connectivity index (χ1) is 16.0. The van der Waals surface area contributed by atoms with Crippen molar-refractivity contribution in [2.24, 2.45) is 11.8 Å². The number of carbonyl (C=O) groups is 1. The molecular weight excluding hydrogens is 406 g/mol. The number of fused-ring (bicyclic) bond motifs is 1. The van der Waals surface area contributed by atoms with Gasteiger partial charge in [0.1, 0.15) is 0 Å². The second-order valence-electron chi connectivity index (χ2n) is 9.44. The Morgan fingerprint density at radius 3 is 2.73 bits per heavy atom. The number of para-hydroxylation sites is 1. The molecule has 2 aromatic heterocycles. The molecule has 1 amide bonds. The van der Waals surface area contributed by atoms with Gasteiger partial charge in [-0.15, -0.1) is 0 Å². The van der Waals surface area contributed by atoms with Gasteiger partial charge >= 0.3 is 0 Å². The second kappa shape index (κ2) is 10.2. The highest BCUT2D eigenvalue weighted by molar-refractivity contribution is 6.06. The fourth-order valence-corrected chi connectivity index (χ4v) is 5.05. The van der Waals surface area contributed by atoms with E-state index in [0.717, 1.165) is 38.6 Å². The molecule has 0 bridgehead atoms. The summed E-state index contributed by atoms with van der Waals surface area (Å²) in [4.78, 5) is 18.2. The van der Waals surface area contributed by atoms with Gasteiger partial charge in [-0.1, -0.05) is 62.8 Å². The van der Waals surface area contributed by atoms with Crippen LogP contribution in [0.4, 0.5) is 0 Å². The van der Waals surface area contributed by atoms with Crippen LogP contribution < -0.4 is 15.9 Å². The molecule has 1 N–H and O–H groups in total. The van der Waals surface area contributed by atoms with Crippen LogP contribution in [0.1, 0.15) is 62.5 Å². The first kappa shape index (κ1) is 23.0. The lowest BCUT2D eigenvalue weighted by molar-refractivity contribution is 0.0917. The van der Waals surface area contributed by atoms with E-state index in [0.29, 0.717) is 12.5 Å². The van der Waals surface area contributed by atoms with E-state index < -0.39 is 0 Å². The number of carbonyl (C=O) groups excluding carboxylic acids is 1. The molecule has 4 nitrogen and oxygen atoms in total. The van der Waals surface area contributed by atoms with E-state index in [9.17, 15) is 4.79 Å². The highest BCUT2D eigenvalue weighted by Gasteiger charge is 2.25. The van der Waals surface area contributed by atoms with Crippen LogP contribution in [0.3, 0.4) is 0 Å². The Balaban J connectivity index is 1.60. The molecule has 1 atom stereocenters. The van der Waals surface area contributed by atoms with Crippen molar-refractivity contribution in [2.45, 2.75) is 59.0 Å². The third kappa shape index (κ3) is 5.11. The minimum absolute atomic E-state index is 0.0122. The SMILES string of the molecule is C=C/C=c1/ccc(Cn2ccc3cccc(C(=O)NC(C)C4CCC(C)CC4)c32)n/c1=C/C. The molecule has 1 unspecified atom stereocenters. The molecule has 0 radical (unpaired) electrons. The fourth-order valence-electron chi connectivity index (χ4n) is 5.05. The van der Waals surface area contributed by atoms with E-state index >= 15 is 0 Å². The van der Waals surface area contributed by atoms with Crippen molar-refractivity contribution >= 4 is 29.0 Å². The zero-order valence-electron chi connectivity index (χ0n) is 20.1. The van der Waals surface area contributed by atoms with Crippen molar-refractivity contribution < 1.29 is 4.79 Å². The standard InChI is InChI=1S/C29H35N3O/c1-5-8-23-15-16-25(31-27(23)6-2)19-32-18-17-24-9-7-10-26(28(24)32)29(33)30-21(4)22-13-11-20(3)12-14-22/h5-10,15-18,20-22H,1,11-14,19H2,2-4H3,(H,30,33)/b23-8-,27-6+.